The fourth-order valence-electron chi connectivity index (χ4n) is 1.21. The van der Waals surface area contributed by atoms with Crippen LogP contribution >= 0.6 is 0 Å². The van der Waals surface area contributed by atoms with Crippen LogP contribution in [0.2, 0.25) is 0 Å². The van der Waals surface area contributed by atoms with E-state index in [-0.39, 0.29) is 12.2 Å². The minimum Gasteiger partial charge on any atom is -0.464 e. The zero-order chi connectivity index (χ0) is 12.3. The summed E-state index contributed by atoms with van der Waals surface area (Å²) in [5.41, 5.74) is 0.141. The molecule has 8 heteroatoms. The van der Waals surface area contributed by atoms with Crippen molar-refractivity contribution in [3.8, 4) is 0 Å². The molecule has 0 aromatic carbocycles. The minimum absolute atomic E-state index is 0.141. The molecule has 0 spiro atoms. The first-order valence-corrected chi connectivity index (χ1v) is 5.02. The molecule has 0 aliphatic rings. The molecule has 8 nitrogen and oxygen atoms in total. The topological polar surface area (TPSA) is 95.9 Å². The van der Waals surface area contributed by atoms with E-state index >= 15 is 0 Å². The normalized spacial score (nSPS) is 10.5. The Morgan fingerprint density at radius 3 is 2.82 bits per heavy atom. The quantitative estimate of drug-likeness (QED) is 0.693. The van der Waals surface area contributed by atoms with Gasteiger partial charge in [0.2, 0.25) is 11.8 Å². The van der Waals surface area contributed by atoms with Crippen LogP contribution in [-0.2, 0) is 17.7 Å². The van der Waals surface area contributed by atoms with Gasteiger partial charge < -0.3 is 9.15 Å². The van der Waals surface area contributed by atoms with Gasteiger partial charge in [-0.3, -0.25) is 0 Å². The highest BCUT2D eigenvalue weighted by molar-refractivity contribution is 5.86. The van der Waals surface area contributed by atoms with Gasteiger partial charge in [0, 0.05) is 6.42 Å². The molecule has 0 bridgehead atoms. The standard InChI is InChI=1S/C9H11N5O3/c1-3-7-11-12-8(17-7)5-14-4-6(10-13-14)9(15)16-2/h4H,3,5H2,1-2H3. The number of carbonyl (C=O) groups is 1. The second-order valence-electron chi connectivity index (χ2n) is 3.24. The van der Waals surface area contributed by atoms with Crippen molar-refractivity contribution in [1.82, 2.24) is 25.2 Å². The van der Waals surface area contributed by atoms with Gasteiger partial charge in [-0.15, -0.1) is 15.3 Å². The molecule has 0 fully saturated rings. The molecule has 17 heavy (non-hydrogen) atoms. The van der Waals surface area contributed by atoms with Crippen molar-refractivity contribution in [3.63, 3.8) is 0 Å². The number of aryl methyl sites for hydroxylation is 1. The van der Waals surface area contributed by atoms with Crippen molar-refractivity contribution in [1.29, 1.82) is 0 Å². The molecule has 0 saturated heterocycles. The second-order valence-corrected chi connectivity index (χ2v) is 3.24. The number of carbonyl (C=O) groups excluding carboxylic acids is 1. The molecular weight excluding hydrogens is 226 g/mol. The molecule has 0 unspecified atom stereocenters. The molecule has 0 aliphatic heterocycles. The lowest BCUT2D eigenvalue weighted by Gasteiger charge is -1.93. The Bertz CT molecular complexity index is 518. The Hall–Kier alpha value is -2.25. The van der Waals surface area contributed by atoms with E-state index in [1.807, 2.05) is 6.92 Å². The summed E-state index contributed by atoms with van der Waals surface area (Å²) >= 11 is 0. The fourth-order valence-corrected chi connectivity index (χ4v) is 1.21. The third-order valence-corrected chi connectivity index (χ3v) is 2.04. The van der Waals surface area contributed by atoms with Gasteiger partial charge in [-0.05, 0) is 0 Å². The minimum atomic E-state index is -0.531. The van der Waals surface area contributed by atoms with E-state index in [9.17, 15) is 4.79 Å². The molecule has 0 aliphatic carbocycles. The van der Waals surface area contributed by atoms with Gasteiger partial charge in [0.05, 0.1) is 13.3 Å². The van der Waals surface area contributed by atoms with Gasteiger partial charge in [-0.2, -0.15) is 0 Å². The number of hydrogen-bond acceptors (Lipinski definition) is 7. The van der Waals surface area contributed by atoms with Crippen LogP contribution in [0.15, 0.2) is 10.6 Å². The first kappa shape index (κ1) is 11.2. The van der Waals surface area contributed by atoms with Crippen molar-refractivity contribution >= 4 is 5.97 Å². The van der Waals surface area contributed by atoms with Crippen LogP contribution in [0.5, 0.6) is 0 Å². The molecule has 2 aromatic heterocycles. The van der Waals surface area contributed by atoms with E-state index in [0.29, 0.717) is 18.2 Å². The van der Waals surface area contributed by atoms with Gasteiger partial charge in [-0.25, -0.2) is 9.48 Å². The van der Waals surface area contributed by atoms with Crippen LogP contribution < -0.4 is 0 Å². The summed E-state index contributed by atoms with van der Waals surface area (Å²) in [6.45, 7) is 2.19. The van der Waals surface area contributed by atoms with E-state index in [4.69, 9.17) is 4.42 Å². The van der Waals surface area contributed by atoms with Gasteiger partial charge in [0.1, 0.15) is 6.54 Å². The number of esters is 1. The number of nitrogens with zero attached hydrogens (tertiary/aromatic N) is 5. The molecule has 0 atom stereocenters. The maximum atomic E-state index is 11.1. The van der Waals surface area contributed by atoms with Crippen LogP contribution in [0.25, 0.3) is 0 Å². The summed E-state index contributed by atoms with van der Waals surface area (Å²) in [6, 6.07) is 0. The number of hydrogen-bond donors (Lipinski definition) is 0. The van der Waals surface area contributed by atoms with E-state index in [0.717, 1.165) is 0 Å². The number of methoxy groups -OCH3 is 1. The summed E-state index contributed by atoms with van der Waals surface area (Å²) in [4.78, 5) is 11.1. The van der Waals surface area contributed by atoms with E-state index < -0.39 is 5.97 Å². The lowest BCUT2D eigenvalue weighted by molar-refractivity contribution is 0.0594. The lowest BCUT2D eigenvalue weighted by atomic mass is 10.5. The van der Waals surface area contributed by atoms with Gasteiger partial charge in [0.25, 0.3) is 0 Å². The van der Waals surface area contributed by atoms with Crippen LogP contribution in [0.3, 0.4) is 0 Å². The zero-order valence-electron chi connectivity index (χ0n) is 9.45. The van der Waals surface area contributed by atoms with Crippen molar-refractivity contribution in [3.05, 3.63) is 23.7 Å². The van der Waals surface area contributed by atoms with Gasteiger partial charge >= 0.3 is 5.97 Å². The van der Waals surface area contributed by atoms with Crippen molar-refractivity contribution in [2.24, 2.45) is 0 Å². The van der Waals surface area contributed by atoms with Crippen LogP contribution in [0.4, 0.5) is 0 Å². The highest BCUT2D eigenvalue weighted by atomic mass is 16.5. The highest BCUT2D eigenvalue weighted by Gasteiger charge is 2.12. The SMILES string of the molecule is CCc1nnc(Cn2cc(C(=O)OC)nn2)o1. The highest BCUT2D eigenvalue weighted by Crippen LogP contribution is 2.03. The summed E-state index contributed by atoms with van der Waals surface area (Å²) in [7, 11) is 1.28. The maximum Gasteiger partial charge on any atom is 0.360 e. The summed E-state index contributed by atoms with van der Waals surface area (Å²) in [5, 5.41) is 15.1. The molecule has 0 N–H and O–H groups in total. The van der Waals surface area contributed by atoms with Crippen LogP contribution in [-0.4, -0.2) is 38.3 Å². The average molecular weight is 237 g/mol. The van der Waals surface area contributed by atoms with Crippen molar-refractivity contribution in [2.75, 3.05) is 7.11 Å². The van der Waals surface area contributed by atoms with Crippen LogP contribution in [0.1, 0.15) is 29.2 Å². The van der Waals surface area contributed by atoms with E-state index in [1.54, 1.807) is 0 Å². The molecular formula is C9H11N5O3. The van der Waals surface area contributed by atoms with E-state index in [1.165, 1.54) is 18.0 Å². The first-order chi connectivity index (χ1) is 8.22. The predicted octanol–water partition coefficient (Wildman–Crippen LogP) is 0.0584. The molecule has 2 rings (SSSR count). The molecule has 2 heterocycles. The summed E-state index contributed by atoms with van der Waals surface area (Å²) in [6.07, 6.45) is 2.14. The summed E-state index contributed by atoms with van der Waals surface area (Å²) in [5.74, 6) is 0.451. The Balaban J connectivity index is 2.08. The van der Waals surface area contributed by atoms with Crippen molar-refractivity contribution < 1.29 is 13.9 Å². The smallest absolute Gasteiger partial charge is 0.360 e. The number of ether oxygens (including phenoxy) is 1. The van der Waals surface area contributed by atoms with Crippen LogP contribution in [0, 0.1) is 0 Å². The molecule has 90 valence electrons. The molecule has 0 amide bonds. The van der Waals surface area contributed by atoms with Gasteiger partial charge in [0.15, 0.2) is 5.69 Å². The number of rotatable bonds is 4. The Morgan fingerprint density at radius 1 is 1.41 bits per heavy atom. The molecule has 0 radical (unpaired) electrons. The fraction of sp³-hybridized carbons (Fsp3) is 0.444. The molecule has 2 aromatic rings. The number of aromatic nitrogens is 5. The molecule has 0 saturated carbocycles. The maximum absolute atomic E-state index is 11.1. The Morgan fingerprint density at radius 2 is 2.18 bits per heavy atom. The predicted molar refractivity (Wildman–Crippen MR) is 54.1 cm³/mol. The zero-order valence-corrected chi connectivity index (χ0v) is 9.45. The third kappa shape index (κ3) is 2.47. The third-order valence-electron chi connectivity index (χ3n) is 2.04. The van der Waals surface area contributed by atoms with Gasteiger partial charge in [-0.1, -0.05) is 12.1 Å². The average Bonchev–Trinajstić information content (AvgIpc) is 2.97. The van der Waals surface area contributed by atoms with Crippen molar-refractivity contribution in [2.45, 2.75) is 19.9 Å². The first-order valence-electron chi connectivity index (χ1n) is 5.02. The largest absolute Gasteiger partial charge is 0.464 e. The summed E-state index contributed by atoms with van der Waals surface area (Å²) < 4.78 is 11.3. The van der Waals surface area contributed by atoms with E-state index in [2.05, 4.69) is 25.2 Å². The lowest BCUT2D eigenvalue weighted by Crippen LogP contribution is -2.02. The monoisotopic (exact) mass is 237 g/mol. The Labute approximate surface area is 96.6 Å². The Kier molecular flexibility index (Phi) is 3.12. The second kappa shape index (κ2) is 4.73.